The molecule has 1 unspecified atom stereocenters. The molecule has 0 bridgehead atoms. The first-order chi connectivity index (χ1) is 13.5. The van der Waals surface area contributed by atoms with E-state index in [2.05, 4.69) is 10.1 Å². The Morgan fingerprint density at radius 1 is 1.11 bits per heavy atom. The van der Waals surface area contributed by atoms with E-state index in [0.717, 1.165) is 5.56 Å². The third kappa shape index (κ3) is 5.06. The van der Waals surface area contributed by atoms with Crippen molar-refractivity contribution in [1.29, 1.82) is 0 Å². The molecule has 1 fully saturated rings. The lowest BCUT2D eigenvalue weighted by Gasteiger charge is -2.32. The van der Waals surface area contributed by atoms with Gasteiger partial charge in [0, 0.05) is 19.6 Å². The first-order valence-corrected chi connectivity index (χ1v) is 9.19. The second kappa shape index (κ2) is 9.30. The molecule has 28 heavy (non-hydrogen) atoms. The maximum atomic E-state index is 12.8. The van der Waals surface area contributed by atoms with Crippen LogP contribution >= 0.6 is 0 Å². The molecular weight excluding hydrogens is 366 g/mol. The number of alkyl halides is 2. The molecule has 2 aromatic carbocycles. The fourth-order valence-electron chi connectivity index (χ4n) is 3.32. The van der Waals surface area contributed by atoms with Crippen LogP contribution in [0, 0.1) is 5.92 Å². The molecule has 3 rings (SSSR count). The van der Waals surface area contributed by atoms with Crippen molar-refractivity contribution >= 4 is 11.8 Å². The summed E-state index contributed by atoms with van der Waals surface area (Å²) in [5.41, 5.74) is 1.07. The summed E-state index contributed by atoms with van der Waals surface area (Å²) in [6.07, 6.45) is 1.35. The van der Waals surface area contributed by atoms with Crippen molar-refractivity contribution < 1.29 is 23.1 Å². The SMILES string of the molecule is O=C(NCc1ccccc1)C1CCCN(C(=O)c2ccccc2OC(F)F)C1. The summed E-state index contributed by atoms with van der Waals surface area (Å²) in [6, 6.07) is 15.5. The zero-order chi connectivity index (χ0) is 19.9. The van der Waals surface area contributed by atoms with Gasteiger partial charge in [-0.2, -0.15) is 8.78 Å². The number of amides is 2. The number of piperidine rings is 1. The Morgan fingerprint density at radius 3 is 2.57 bits per heavy atom. The minimum Gasteiger partial charge on any atom is -0.434 e. The Kier molecular flexibility index (Phi) is 6.57. The van der Waals surface area contributed by atoms with Gasteiger partial charge in [-0.3, -0.25) is 9.59 Å². The van der Waals surface area contributed by atoms with Crippen LogP contribution in [0.5, 0.6) is 5.75 Å². The summed E-state index contributed by atoms with van der Waals surface area (Å²) >= 11 is 0. The summed E-state index contributed by atoms with van der Waals surface area (Å²) in [6.45, 7) is -1.85. The number of hydrogen-bond acceptors (Lipinski definition) is 3. The summed E-state index contributed by atoms with van der Waals surface area (Å²) in [5, 5.41) is 2.90. The van der Waals surface area contributed by atoms with Crippen LogP contribution in [0.2, 0.25) is 0 Å². The smallest absolute Gasteiger partial charge is 0.387 e. The van der Waals surface area contributed by atoms with E-state index < -0.39 is 12.5 Å². The highest BCUT2D eigenvalue weighted by Gasteiger charge is 2.30. The molecule has 0 radical (unpaired) electrons. The maximum absolute atomic E-state index is 12.8. The van der Waals surface area contributed by atoms with Gasteiger partial charge >= 0.3 is 6.61 Å². The van der Waals surface area contributed by atoms with Gasteiger partial charge in [0.15, 0.2) is 0 Å². The number of para-hydroxylation sites is 1. The van der Waals surface area contributed by atoms with Crippen LogP contribution in [0.15, 0.2) is 54.6 Å². The van der Waals surface area contributed by atoms with Crippen LogP contribution in [-0.4, -0.2) is 36.4 Å². The highest BCUT2D eigenvalue weighted by atomic mass is 19.3. The molecule has 2 amide bonds. The van der Waals surface area contributed by atoms with Crippen LogP contribution in [0.25, 0.3) is 0 Å². The number of halogens is 2. The molecule has 0 aromatic heterocycles. The van der Waals surface area contributed by atoms with Gasteiger partial charge < -0.3 is 15.0 Å². The van der Waals surface area contributed by atoms with Gasteiger partial charge in [-0.1, -0.05) is 42.5 Å². The van der Waals surface area contributed by atoms with E-state index in [-0.39, 0.29) is 29.7 Å². The number of likely N-dealkylation sites (tertiary alicyclic amines) is 1. The standard InChI is InChI=1S/C21H22F2N2O3/c22-21(23)28-18-11-5-4-10-17(18)20(27)25-12-6-9-16(14-25)19(26)24-13-15-7-2-1-3-8-15/h1-5,7-8,10-11,16,21H,6,9,12-14H2,(H,24,26). The number of benzene rings is 2. The summed E-state index contributed by atoms with van der Waals surface area (Å²) < 4.78 is 29.7. The molecule has 0 aliphatic carbocycles. The zero-order valence-electron chi connectivity index (χ0n) is 15.3. The summed E-state index contributed by atoms with van der Waals surface area (Å²) in [5.74, 6) is -1.00. The molecule has 5 nitrogen and oxygen atoms in total. The van der Waals surface area contributed by atoms with Crippen molar-refractivity contribution in [2.45, 2.75) is 26.0 Å². The number of nitrogens with one attached hydrogen (secondary N) is 1. The molecular formula is C21H22F2N2O3. The monoisotopic (exact) mass is 388 g/mol. The number of rotatable bonds is 6. The van der Waals surface area contributed by atoms with Crippen molar-refractivity contribution in [3.63, 3.8) is 0 Å². The van der Waals surface area contributed by atoms with Crippen molar-refractivity contribution in [1.82, 2.24) is 10.2 Å². The summed E-state index contributed by atoms with van der Waals surface area (Å²) in [4.78, 5) is 26.9. The first-order valence-electron chi connectivity index (χ1n) is 9.19. The van der Waals surface area contributed by atoms with Crippen molar-refractivity contribution in [3.8, 4) is 5.75 Å². The second-order valence-electron chi connectivity index (χ2n) is 6.67. The maximum Gasteiger partial charge on any atom is 0.387 e. The predicted molar refractivity (Wildman–Crippen MR) is 100.0 cm³/mol. The first kappa shape index (κ1) is 19.8. The van der Waals surface area contributed by atoms with Crippen LogP contribution in [-0.2, 0) is 11.3 Å². The van der Waals surface area contributed by atoms with Crippen molar-refractivity contribution in [3.05, 3.63) is 65.7 Å². The van der Waals surface area contributed by atoms with Crippen LogP contribution in [0.3, 0.4) is 0 Å². The van der Waals surface area contributed by atoms with Crippen molar-refractivity contribution in [2.75, 3.05) is 13.1 Å². The topological polar surface area (TPSA) is 58.6 Å². The Bertz CT molecular complexity index is 814. The van der Waals surface area contributed by atoms with Crippen LogP contribution in [0.4, 0.5) is 8.78 Å². The lowest BCUT2D eigenvalue weighted by molar-refractivity contribution is -0.126. The van der Waals surface area contributed by atoms with E-state index in [0.29, 0.717) is 25.9 Å². The van der Waals surface area contributed by atoms with Gasteiger partial charge in [-0.05, 0) is 30.5 Å². The number of carbonyl (C=O) groups excluding carboxylic acids is 2. The average Bonchev–Trinajstić information content (AvgIpc) is 2.72. The van der Waals surface area contributed by atoms with Gasteiger partial charge in [0.05, 0.1) is 11.5 Å². The predicted octanol–water partition coefficient (Wildman–Crippen LogP) is 3.46. The van der Waals surface area contributed by atoms with Gasteiger partial charge in [-0.25, -0.2) is 0 Å². The van der Waals surface area contributed by atoms with E-state index in [4.69, 9.17) is 0 Å². The Labute approximate surface area is 162 Å². The van der Waals surface area contributed by atoms with Gasteiger partial charge in [0.25, 0.3) is 5.91 Å². The largest absolute Gasteiger partial charge is 0.434 e. The summed E-state index contributed by atoms with van der Waals surface area (Å²) in [7, 11) is 0. The normalized spacial score (nSPS) is 16.7. The molecule has 1 aliphatic rings. The van der Waals surface area contributed by atoms with Crippen LogP contribution in [0.1, 0.15) is 28.8 Å². The molecule has 1 saturated heterocycles. The number of ether oxygens (including phenoxy) is 1. The second-order valence-corrected chi connectivity index (χ2v) is 6.67. The molecule has 0 spiro atoms. The Hall–Kier alpha value is -2.96. The highest BCUT2D eigenvalue weighted by molar-refractivity contribution is 5.97. The fourth-order valence-corrected chi connectivity index (χ4v) is 3.32. The third-order valence-electron chi connectivity index (χ3n) is 4.72. The van der Waals surface area contributed by atoms with E-state index in [1.54, 1.807) is 6.07 Å². The molecule has 1 heterocycles. The number of nitrogens with zero attached hydrogens (tertiary/aromatic N) is 1. The minimum atomic E-state index is -3.01. The molecule has 1 N–H and O–H groups in total. The molecule has 7 heteroatoms. The van der Waals surface area contributed by atoms with Crippen molar-refractivity contribution in [2.24, 2.45) is 5.92 Å². The third-order valence-corrected chi connectivity index (χ3v) is 4.72. The van der Waals surface area contributed by atoms with E-state index >= 15 is 0 Å². The molecule has 2 aromatic rings. The lowest BCUT2D eigenvalue weighted by atomic mass is 9.96. The fraction of sp³-hybridized carbons (Fsp3) is 0.333. The van der Waals surface area contributed by atoms with E-state index in [9.17, 15) is 18.4 Å². The zero-order valence-corrected chi connectivity index (χ0v) is 15.3. The van der Waals surface area contributed by atoms with E-state index in [1.807, 2.05) is 30.3 Å². The average molecular weight is 388 g/mol. The van der Waals surface area contributed by atoms with Gasteiger partial charge in [0.1, 0.15) is 5.75 Å². The van der Waals surface area contributed by atoms with E-state index in [1.165, 1.54) is 23.1 Å². The minimum absolute atomic E-state index is 0.0770. The number of hydrogen-bond donors (Lipinski definition) is 1. The Balaban J connectivity index is 1.63. The number of carbonyl (C=O) groups is 2. The lowest BCUT2D eigenvalue weighted by Crippen LogP contribution is -2.45. The van der Waals surface area contributed by atoms with Gasteiger partial charge in [-0.15, -0.1) is 0 Å². The van der Waals surface area contributed by atoms with Gasteiger partial charge in [0.2, 0.25) is 5.91 Å². The van der Waals surface area contributed by atoms with Crippen LogP contribution < -0.4 is 10.1 Å². The Morgan fingerprint density at radius 2 is 1.82 bits per heavy atom. The quantitative estimate of drug-likeness (QED) is 0.825. The molecule has 0 saturated carbocycles. The highest BCUT2D eigenvalue weighted by Crippen LogP contribution is 2.25. The molecule has 1 aliphatic heterocycles. The molecule has 1 atom stereocenters. The molecule has 148 valence electrons.